The van der Waals surface area contributed by atoms with E-state index in [2.05, 4.69) is 45.5 Å². The predicted molar refractivity (Wildman–Crippen MR) is 225 cm³/mol. The monoisotopic (exact) mass is 962 g/mol. The molecule has 8 aromatic rings. The van der Waals surface area contributed by atoms with Crippen LogP contribution in [-0.2, 0) is 17.1 Å². The molecule has 69 heavy (non-hydrogen) atoms. The second-order valence-electron chi connectivity index (χ2n) is 15.8. The number of imidazole rings is 2. The summed E-state index contributed by atoms with van der Waals surface area (Å²) in [6.45, 7) is 0.0871. The molecule has 2 N–H and O–H groups in total. The van der Waals surface area contributed by atoms with E-state index in [1.807, 2.05) is 0 Å². The minimum absolute atomic E-state index is 0.0152. The van der Waals surface area contributed by atoms with Crippen molar-refractivity contribution < 1.29 is 63.3 Å². The number of alkyl halides is 9. The fourth-order valence-corrected chi connectivity index (χ4v) is 7.49. The number of carbonyl (C=O) groups is 2. The minimum atomic E-state index is -4.81. The van der Waals surface area contributed by atoms with E-state index < -0.39 is 65.5 Å². The first-order chi connectivity index (χ1) is 32.7. The molecule has 0 spiro atoms. The molecule has 9 rings (SSSR count). The molecule has 1 saturated heterocycles. The topological polar surface area (TPSA) is 172 Å². The highest BCUT2D eigenvalue weighted by Gasteiger charge is 2.48. The Hall–Kier alpha value is -8.15. The van der Waals surface area contributed by atoms with E-state index in [9.17, 15) is 49.1 Å². The average Bonchev–Trinajstić information content (AvgIpc) is 3.94. The zero-order chi connectivity index (χ0) is 48.9. The summed E-state index contributed by atoms with van der Waals surface area (Å²) in [4.78, 5) is 43.9. The van der Waals surface area contributed by atoms with Crippen molar-refractivity contribution in [3.8, 4) is 34.3 Å². The standard InChI is InChI=1S/C45H31F9N10O5/c1-42(21-67-36-12-6-11-34(59-36)60-41(66)32-19-56-35-14-13-30(61-63(32)35)25-7-2-4-9-28(25)44(49,50)51)22-69-38(42)27-18-31(26-8-3-5-10-29(26)45(52,53)54)62-64-33(20-57-39(27)64)40(65)58-24-15-16-55-37(17-24)68-23-43(46,47)48/h2-20,38H,21-23H2,1H3,(H,55,58,65)(H,59,60,66). The van der Waals surface area contributed by atoms with E-state index in [0.29, 0.717) is 0 Å². The van der Waals surface area contributed by atoms with Crippen LogP contribution in [-0.4, -0.2) is 77.0 Å². The summed E-state index contributed by atoms with van der Waals surface area (Å²) in [6.07, 6.45) is -11.7. The van der Waals surface area contributed by atoms with Crippen LogP contribution < -0.4 is 20.1 Å². The van der Waals surface area contributed by atoms with Crippen LogP contribution in [0.2, 0.25) is 0 Å². The Morgan fingerprint density at radius 1 is 0.710 bits per heavy atom. The smallest absolute Gasteiger partial charge is 0.422 e. The van der Waals surface area contributed by atoms with Crippen molar-refractivity contribution in [1.29, 1.82) is 0 Å². The van der Waals surface area contributed by atoms with Crippen LogP contribution in [0.3, 0.4) is 0 Å². The summed E-state index contributed by atoms with van der Waals surface area (Å²) in [5.41, 5.74) is -3.65. The molecule has 7 heterocycles. The Balaban J connectivity index is 0.968. The molecule has 0 saturated carbocycles. The highest BCUT2D eigenvalue weighted by molar-refractivity contribution is 6.04. The van der Waals surface area contributed by atoms with Gasteiger partial charge in [-0.2, -0.15) is 54.7 Å². The van der Waals surface area contributed by atoms with Gasteiger partial charge in [-0.05, 0) is 42.5 Å². The van der Waals surface area contributed by atoms with E-state index >= 15 is 0 Å². The van der Waals surface area contributed by atoms with Crippen LogP contribution in [0.1, 0.15) is 50.7 Å². The molecule has 354 valence electrons. The second-order valence-corrected chi connectivity index (χ2v) is 15.8. The number of anilines is 2. The first-order valence-corrected chi connectivity index (χ1v) is 20.3. The minimum Gasteiger partial charge on any atom is -0.477 e. The first-order valence-electron chi connectivity index (χ1n) is 20.3. The summed E-state index contributed by atoms with van der Waals surface area (Å²) in [6, 6.07) is 20.5. The Labute approximate surface area is 381 Å². The number of nitrogens with zero attached hydrogens (tertiary/aromatic N) is 8. The maximum absolute atomic E-state index is 14.4. The van der Waals surface area contributed by atoms with Crippen molar-refractivity contribution in [2.45, 2.75) is 31.6 Å². The lowest BCUT2D eigenvalue weighted by Crippen LogP contribution is -2.47. The lowest BCUT2D eigenvalue weighted by atomic mass is 9.77. The van der Waals surface area contributed by atoms with Gasteiger partial charge < -0.3 is 24.8 Å². The molecule has 2 atom stereocenters. The summed E-state index contributed by atoms with van der Waals surface area (Å²) in [7, 11) is 0. The molecule has 0 radical (unpaired) electrons. The van der Waals surface area contributed by atoms with Gasteiger partial charge in [-0.3, -0.25) is 9.59 Å². The molecule has 2 amide bonds. The van der Waals surface area contributed by atoms with Crippen LogP contribution in [0.15, 0.2) is 116 Å². The Morgan fingerprint density at radius 2 is 1.36 bits per heavy atom. The molecule has 2 aromatic carbocycles. The highest BCUT2D eigenvalue weighted by atomic mass is 19.4. The number of amides is 2. The van der Waals surface area contributed by atoms with Gasteiger partial charge in [-0.15, -0.1) is 0 Å². The normalized spacial score (nSPS) is 16.3. The molecule has 6 aromatic heterocycles. The number of pyridine rings is 2. The predicted octanol–water partition coefficient (Wildman–Crippen LogP) is 9.54. The number of aromatic nitrogens is 8. The van der Waals surface area contributed by atoms with Gasteiger partial charge in [0.25, 0.3) is 11.8 Å². The molecule has 0 aliphatic carbocycles. The summed E-state index contributed by atoms with van der Waals surface area (Å²) >= 11 is 0. The third kappa shape index (κ3) is 9.55. The number of rotatable bonds is 12. The van der Waals surface area contributed by atoms with Crippen molar-refractivity contribution in [3.63, 3.8) is 0 Å². The van der Waals surface area contributed by atoms with Gasteiger partial charge >= 0.3 is 18.5 Å². The fourth-order valence-electron chi connectivity index (χ4n) is 7.49. The van der Waals surface area contributed by atoms with E-state index in [1.165, 1.54) is 85.1 Å². The Kier molecular flexibility index (Phi) is 11.7. The number of halogens is 9. The number of hydrogen-bond donors (Lipinski definition) is 2. The van der Waals surface area contributed by atoms with E-state index in [-0.39, 0.29) is 81.4 Å². The largest absolute Gasteiger partial charge is 0.477 e. The number of fused-ring (bicyclic) bond motifs is 2. The van der Waals surface area contributed by atoms with Gasteiger partial charge in [0.15, 0.2) is 29.3 Å². The second kappa shape index (κ2) is 17.5. The number of carbonyl (C=O) groups excluding carboxylic acids is 2. The molecular weight excluding hydrogens is 932 g/mol. The number of ether oxygens (including phenoxy) is 3. The summed E-state index contributed by atoms with van der Waals surface area (Å²) in [5, 5.41) is 13.8. The van der Waals surface area contributed by atoms with Gasteiger partial charge in [0.2, 0.25) is 11.8 Å². The number of nitrogens with one attached hydrogen (secondary N) is 2. The molecule has 1 aliphatic rings. The van der Waals surface area contributed by atoms with Crippen molar-refractivity contribution in [1.82, 2.24) is 39.2 Å². The quantitative estimate of drug-likeness (QED) is 0.112. The van der Waals surface area contributed by atoms with Crippen LogP contribution in [0.25, 0.3) is 33.8 Å². The van der Waals surface area contributed by atoms with Gasteiger partial charge in [0, 0.05) is 40.7 Å². The van der Waals surface area contributed by atoms with Crippen LogP contribution in [0, 0.1) is 5.41 Å². The van der Waals surface area contributed by atoms with Gasteiger partial charge in [-0.25, -0.2) is 24.0 Å². The zero-order valence-corrected chi connectivity index (χ0v) is 35.2. The lowest BCUT2D eigenvalue weighted by molar-refractivity contribution is -0.195. The van der Waals surface area contributed by atoms with Gasteiger partial charge in [0.05, 0.1) is 53.0 Å². The SMILES string of the molecule is CC1(COc2cccc(NC(=O)c3cnc4ccc(-c5ccccc5C(F)(F)F)nn34)n2)COC1c1cc(-c2ccccc2C(F)(F)F)nn2c(C(=O)Nc3ccnc(OCC(F)(F)F)c3)cnc12. The van der Waals surface area contributed by atoms with Crippen LogP contribution in [0.4, 0.5) is 51.0 Å². The van der Waals surface area contributed by atoms with Crippen molar-refractivity contribution in [2.24, 2.45) is 5.41 Å². The third-order valence-electron chi connectivity index (χ3n) is 10.7. The van der Waals surface area contributed by atoms with E-state index in [0.717, 1.165) is 39.6 Å². The molecule has 1 aliphatic heterocycles. The molecule has 24 heteroatoms. The van der Waals surface area contributed by atoms with Crippen molar-refractivity contribution in [2.75, 3.05) is 30.5 Å². The molecular formula is C45H31F9N10O5. The molecule has 1 fully saturated rings. The van der Waals surface area contributed by atoms with Crippen LogP contribution >= 0.6 is 0 Å². The molecule has 15 nitrogen and oxygen atoms in total. The number of hydrogen-bond acceptors (Lipinski definition) is 11. The Morgan fingerprint density at radius 3 is 2.04 bits per heavy atom. The Bertz CT molecular complexity index is 3270. The zero-order valence-electron chi connectivity index (χ0n) is 35.2. The summed E-state index contributed by atoms with van der Waals surface area (Å²) in [5.74, 6) is -2.04. The van der Waals surface area contributed by atoms with Crippen molar-refractivity contribution in [3.05, 3.63) is 144 Å². The summed E-state index contributed by atoms with van der Waals surface area (Å²) < 4.78 is 142. The van der Waals surface area contributed by atoms with E-state index in [4.69, 9.17) is 9.47 Å². The average molecular weight is 963 g/mol. The van der Waals surface area contributed by atoms with Crippen LogP contribution in [0.5, 0.6) is 11.8 Å². The maximum Gasteiger partial charge on any atom is 0.422 e. The van der Waals surface area contributed by atoms with Gasteiger partial charge in [-0.1, -0.05) is 49.4 Å². The van der Waals surface area contributed by atoms with Crippen molar-refractivity contribution >= 4 is 34.6 Å². The highest BCUT2D eigenvalue weighted by Crippen LogP contribution is 2.49. The fraction of sp³-hybridized carbons (Fsp3) is 0.200. The first kappa shape index (κ1) is 46.0. The lowest BCUT2D eigenvalue weighted by Gasteiger charge is -2.46. The maximum atomic E-state index is 14.4. The number of benzene rings is 2. The molecule has 2 unspecified atom stereocenters. The third-order valence-corrected chi connectivity index (χ3v) is 10.7. The van der Waals surface area contributed by atoms with Gasteiger partial charge in [0.1, 0.15) is 12.4 Å². The molecule has 0 bridgehead atoms. The van der Waals surface area contributed by atoms with E-state index in [1.54, 1.807) is 6.92 Å².